The van der Waals surface area contributed by atoms with Crippen LogP contribution in [0.5, 0.6) is 0 Å². The van der Waals surface area contributed by atoms with Crippen molar-refractivity contribution in [1.82, 2.24) is 4.90 Å². The van der Waals surface area contributed by atoms with Crippen LogP contribution >= 0.6 is 11.6 Å². The van der Waals surface area contributed by atoms with Crippen molar-refractivity contribution >= 4 is 11.6 Å². The summed E-state index contributed by atoms with van der Waals surface area (Å²) in [4.78, 5) is 1.50. The molecular formula is C8H14ClN. The highest BCUT2D eigenvalue weighted by atomic mass is 35.5. The van der Waals surface area contributed by atoms with Crippen LogP contribution in [-0.4, -0.2) is 23.5 Å². The molecule has 0 aliphatic carbocycles. The Labute approximate surface area is 68.0 Å². The van der Waals surface area contributed by atoms with Gasteiger partial charge in [-0.05, 0) is 14.0 Å². The van der Waals surface area contributed by atoms with Crippen molar-refractivity contribution < 1.29 is 0 Å². The molecule has 0 rings (SSSR count). The zero-order valence-electron chi connectivity index (χ0n) is 6.60. The second-order valence-electron chi connectivity index (χ2n) is 2.40. The summed E-state index contributed by atoms with van der Waals surface area (Å²) in [6, 6.07) is 0. The van der Waals surface area contributed by atoms with Crippen molar-refractivity contribution in [2.45, 2.75) is 11.9 Å². The Balaban J connectivity index is 4.02. The second kappa shape index (κ2) is 3.79. The first kappa shape index (κ1) is 9.73. The highest BCUT2D eigenvalue weighted by Gasteiger charge is 2.20. The van der Waals surface area contributed by atoms with E-state index in [1.165, 1.54) is 0 Å². The van der Waals surface area contributed by atoms with Gasteiger partial charge in [0.1, 0.15) is 5.00 Å². The molecule has 0 aromatic rings. The first-order valence-electron chi connectivity index (χ1n) is 3.19. The lowest BCUT2D eigenvalue weighted by Gasteiger charge is -2.28. The highest BCUT2D eigenvalue weighted by Crippen LogP contribution is 2.18. The first-order valence-corrected chi connectivity index (χ1v) is 3.57. The van der Waals surface area contributed by atoms with Gasteiger partial charge in [-0.25, -0.2) is 0 Å². The normalized spacial score (nSPS) is 16.4. The number of hydrogen-bond donors (Lipinski definition) is 0. The number of halogens is 1. The Morgan fingerprint density at radius 3 is 2.40 bits per heavy atom. The Kier molecular flexibility index (Phi) is 3.69. The van der Waals surface area contributed by atoms with E-state index >= 15 is 0 Å². The molecule has 0 aliphatic rings. The van der Waals surface area contributed by atoms with Gasteiger partial charge in [0.25, 0.3) is 0 Å². The Morgan fingerprint density at radius 1 is 1.60 bits per heavy atom. The van der Waals surface area contributed by atoms with Crippen molar-refractivity contribution in [3.63, 3.8) is 0 Å². The molecule has 0 aromatic heterocycles. The van der Waals surface area contributed by atoms with Crippen molar-refractivity contribution in [2.75, 3.05) is 13.6 Å². The molecule has 2 heteroatoms. The Morgan fingerprint density at radius 2 is 2.10 bits per heavy atom. The van der Waals surface area contributed by atoms with Gasteiger partial charge in [0.2, 0.25) is 0 Å². The predicted molar refractivity (Wildman–Crippen MR) is 47.3 cm³/mol. The molecule has 0 aliphatic heterocycles. The van der Waals surface area contributed by atoms with Crippen molar-refractivity contribution in [1.29, 1.82) is 0 Å². The number of nitrogens with zero attached hydrogens (tertiary/aromatic N) is 1. The number of likely N-dealkylation sites (N-methyl/N-ethyl adjacent to an activating group) is 1. The van der Waals surface area contributed by atoms with Gasteiger partial charge < -0.3 is 0 Å². The lowest BCUT2D eigenvalue weighted by molar-refractivity contribution is 0.292. The molecule has 0 radical (unpaired) electrons. The quantitative estimate of drug-likeness (QED) is 0.346. The van der Waals surface area contributed by atoms with E-state index in [4.69, 9.17) is 11.6 Å². The average molecular weight is 160 g/mol. The van der Waals surface area contributed by atoms with Crippen molar-refractivity contribution in [3.05, 3.63) is 25.3 Å². The lowest BCUT2D eigenvalue weighted by Crippen LogP contribution is -2.36. The average Bonchev–Trinajstić information content (AvgIpc) is 1.89. The number of rotatable bonds is 4. The van der Waals surface area contributed by atoms with E-state index in [-0.39, 0.29) is 0 Å². The first-order chi connectivity index (χ1) is 4.54. The van der Waals surface area contributed by atoms with Gasteiger partial charge >= 0.3 is 0 Å². The molecule has 1 unspecified atom stereocenters. The van der Waals surface area contributed by atoms with Crippen LogP contribution in [0.2, 0.25) is 0 Å². The van der Waals surface area contributed by atoms with Gasteiger partial charge in [-0.3, -0.25) is 4.90 Å². The van der Waals surface area contributed by atoms with Gasteiger partial charge in [-0.1, -0.05) is 23.8 Å². The molecule has 0 N–H and O–H groups in total. The van der Waals surface area contributed by atoms with Crippen LogP contribution in [0.15, 0.2) is 25.3 Å². The summed E-state index contributed by atoms with van der Waals surface area (Å²) in [5.74, 6) is 0. The second-order valence-corrected chi connectivity index (χ2v) is 3.16. The maximum atomic E-state index is 6.01. The monoisotopic (exact) mass is 159 g/mol. The fraction of sp³-hybridized carbons (Fsp3) is 0.500. The molecule has 0 spiro atoms. The fourth-order valence-electron chi connectivity index (χ4n) is 0.528. The van der Waals surface area contributed by atoms with Crippen molar-refractivity contribution in [2.24, 2.45) is 0 Å². The van der Waals surface area contributed by atoms with Gasteiger partial charge in [-0.2, -0.15) is 0 Å². The smallest absolute Gasteiger partial charge is 0.111 e. The summed E-state index contributed by atoms with van der Waals surface area (Å²) in [6.45, 7) is 9.91. The molecular weight excluding hydrogens is 146 g/mol. The van der Waals surface area contributed by atoms with Gasteiger partial charge in [-0.15, -0.1) is 13.2 Å². The zero-order valence-corrected chi connectivity index (χ0v) is 7.36. The van der Waals surface area contributed by atoms with Gasteiger partial charge in [0.15, 0.2) is 0 Å². The lowest BCUT2D eigenvalue weighted by atomic mass is 10.3. The summed E-state index contributed by atoms with van der Waals surface area (Å²) in [6.07, 6.45) is 3.52. The van der Waals surface area contributed by atoms with E-state index in [1.807, 2.05) is 24.9 Å². The van der Waals surface area contributed by atoms with Crippen LogP contribution in [0.3, 0.4) is 0 Å². The van der Waals surface area contributed by atoms with E-state index < -0.39 is 5.00 Å². The third-order valence-corrected chi connectivity index (χ3v) is 1.96. The van der Waals surface area contributed by atoms with Crippen LogP contribution in [0.25, 0.3) is 0 Å². The summed E-state index contributed by atoms with van der Waals surface area (Å²) < 4.78 is 0. The van der Waals surface area contributed by atoms with E-state index in [0.717, 1.165) is 6.54 Å². The van der Waals surface area contributed by atoms with E-state index in [2.05, 4.69) is 13.2 Å². The molecule has 0 bridgehead atoms. The standard InChI is InChI=1S/C8H14ClN/c1-5-7-10(4)8(3,9)6-2/h5-6H,1-2,7H2,3-4H3. The molecule has 0 amide bonds. The minimum atomic E-state index is -0.450. The molecule has 1 nitrogen and oxygen atoms in total. The molecule has 0 fully saturated rings. The minimum absolute atomic E-state index is 0.450. The molecule has 0 aromatic carbocycles. The minimum Gasteiger partial charge on any atom is -0.281 e. The van der Waals surface area contributed by atoms with E-state index in [1.54, 1.807) is 6.08 Å². The summed E-state index contributed by atoms with van der Waals surface area (Å²) in [5.41, 5.74) is 0. The highest BCUT2D eigenvalue weighted by molar-refractivity contribution is 6.24. The molecule has 0 saturated heterocycles. The third kappa shape index (κ3) is 2.54. The molecule has 0 saturated carbocycles. The van der Waals surface area contributed by atoms with E-state index in [9.17, 15) is 0 Å². The van der Waals surface area contributed by atoms with Crippen LogP contribution in [0, 0.1) is 0 Å². The molecule has 0 heterocycles. The maximum absolute atomic E-state index is 6.01. The van der Waals surface area contributed by atoms with Crippen molar-refractivity contribution in [3.8, 4) is 0 Å². The SMILES string of the molecule is C=CCN(C)C(C)(Cl)C=C. The largest absolute Gasteiger partial charge is 0.281 e. The number of alkyl halides is 1. The number of hydrogen-bond acceptors (Lipinski definition) is 1. The summed E-state index contributed by atoms with van der Waals surface area (Å²) in [7, 11) is 1.93. The van der Waals surface area contributed by atoms with Gasteiger partial charge in [0, 0.05) is 6.54 Å². The Bertz CT molecular complexity index is 129. The van der Waals surface area contributed by atoms with Crippen LogP contribution in [-0.2, 0) is 0 Å². The van der Waals surface area contributed by atoms with Crippen LogP contribution in [0.1, 0.15) is 6.92 Å². The van der Waals surface area contributed by atoms with Gasteiger partial charge in [0.05, 0.1) is 0 Å². The summed E-state index contributed by atoms with van der Waals surface area (Å²) in [5, 5.41) is 0. The Hall–Kier alpha value is -0.270. The topological polar surface area (TPSA) is 3.24 Å². The van der Waals surface area contributed by atoms with E-state index in [0.29, 0.717) is 0 Å². The molecule has 58 valence electrons. The molecule has 1 atom stereocenters. The van der Waals surface area contributed by atoms with Crippen LogP contribution in [0.4, 0.5) is 0 Å². The zero-order chi connectivity index (χ0) is 8.20. The van der Waals surface area contributed by atoms with Crippen LogP contribution < -0.4 is 0 Å². The summed E-state index contributed by atoms with van der Waals surface area (Å²) >= 11 is 6.01. The maximum Gasteiger partial charge on any atom is 0.111 e. The molecule has 10 heavy (non-hydrogen) atoms. The third-order valence-electron chi connectivity index (χ3n) is 1.52. The predicted octanol–water partition coefficient (Wildman–Crippen LogP) is 2.25. The fourth-order valence-corrected chi connectivity index (χ4v) is 0.597.